The number of aromatic nitrogens is 2. The maximum absolute atomic E-state index is 14.3. The Labute approximate surface area is 265 Å². The number of carbonyl (C=O) groups is 1. The normalized spacial score (nSPS) is 14.4. The standard InChI is InChI=1S/C33H39F3N6O.C2H6/c1-4-41(22-26-13-16-37-17-14-26)23-28-11-9-15-38-30(28)25(3)40-31(33(34,35)36)24(2)32(43)39-21-27-10-8-12-29(20-27)42-18-6-5-7-19-42;1-2/h8-17,20H,4-7,18-19,21-23H2,1-3H3,(H,39,43);1-2H3/b31-24+,40-25?;. The first-order valence-corrected chi connectivity index (χ1v) is 15.7. The van der Waals surface area contributed by atoms with E-state index in [1.54, 1.807) is 18.5 Å². The maximum Gasteiger partial charge on any atom is 0.433 e. The van der Waals surface area contributed by atoms with Gasteiger partial charge in [0.05, 0.1) is 11.4 Å². The highest BCUT2D eigenvalue weighted by Gasteiger charge is 2.37. The second kappa shape index (κ2) is 17.4. The van der Waals surface area contributed by atoms with Crippen molar-refractivity contribution < 1.29 is 18.0 Å². The summed E-state index contributed by atoms with van der Waals surface area (Å²) in [5, 5.41) is 2.65. The van der Waals surface area contributed by atoms with Crippen LogP contribution < -0.4 is 10.2 Å². The van der Waals surface area contributed by atoms with Crippen LogP contribution in [-0.2, 0) is 24.4 Å². The molecule has 1 aliphatic heterocycles. The average Bonchev–Trinajstić information content (AvgIpc) is 3.07. The Hall–Kier alpha value is -4.05. The number of rotatable bonds is 11. The highest BCUT2D eigenvalue weighted by molar-refractivity contribution is 6.00. The van der Waals surface area contributed by atoms with E-state index < -0.39 is 23.4 Å². The monoisotopic (exact) mass is 622 g/mol. The number of hydrogen-bond acceptors (Lipinski definition) is 6. The topological polar surface area (TPSA) is 73.7 Å². The minimum absolute atomic E-state index is 0.0873. The molecule has 3 aromatic rings. The summed E-state index contributed by atoms with van der Waals surface area (Å²) in [7, 11) is 0. The number of piperidine rings is 1. The molecule has 10 heteroatoms. The van der Waals surface area contributed by atoms with E-state index in [1.807, 2.05) is 63.2 Å². The predicted octanol–water partition coefficient (Wildman–Crippen LogP) is 7.48. The van der Waals surface area contributed by atoms with Crippen molar-refractivity contribution in [1.29, 1.82) is 0 Å². The number of hydrogen-bond donors (Lipinski definition) is 1. The molecule has 2 aromatic heterocycles. The summed E-state index contributed by atoms with van der Waals surface area (Å²) in [6, 6.07) is 15.2. The van der Waals surface area contributed by atoms with E-state index in [0.717, 1.165) is 61.8 Å². The molecular formula is C35H45F3N6O. The third-order valence-corrected chi connectivity index (χ3v) is 7.56. The molecule has 0 atom stereocenters. The molecule has 0 radical (unpaired) electrons. The number of anilines is 1. The zero-order chi connectivity index (χ0) is 32.8. The van der Waals surface area contributed by atoms with Crippen molar-refractivity contribution in [3.63, 3.8) is 0 Å². The third kappa shape index (κ3) is 10.5. The summed E-state index contributed by atoms with van der Waals surface area (Å²) in [5.74, 6) is -0.817. The lowest BCUT2D eigenvalue weighted by molar-refractivity contribution is -0.119. The number of pyridine rings is 2. The van der Waals surface area contributed by atoms with Crippen LogP contribution in [0.3, 0.4) is 0 Å². The lowest BCUT2D eigenvalue weighted by Crippen LogP contribution is -2.30. The zero-order valence-electron chi connectivity index (χ0n) is 27.0. The molecular weight excluding hydrogens is 577 g/mol. The van der Waals surface area contributed by atoms with E-state index in [4.69, 9.17) is 0 Å². The smallest absolute Gasteiger partial charge is 0.372 e. The van der Waals surface area contributed by atoms with E-state index in [0.29, 0.717) is 18.8 Å². The van der Waals surface area contributed by atoms with E-state index in [1.165, 1.54) is 19.5 Å². The van der Waals surface area contributed by atoms with Crippen molar-refractivity contribution in [2.45, 2.75) is 79.7 Å². The number of nitrogens with zero attached hydrogens (tertiary/aromatic N) is 5. The second-order valence-electron chi connectivity index (χ2n) is 10.7. The predicted molar refractivity (Wildman–Crippen MR) is 175 cm³/mol. The van der Waals surface area contributed by atoms with E-state index in [9.17, 15) is 18.0 Å². The Morgan fingerprint density at radius 1 is 0.956 bits per heavy atom. The lowest BCUT2D eigenvalue weighted by atomic mass is 10.1. The van der Waals surface area contributed by atoms with Crippen LogP contribution in [0.5, 0.6) is 0 Å². The van der Waals surface area contributed by atoms with Crippen LogP contribution in [-0.4, -0.2) is 52.3 Å². The van der Waals surface area contributed by atoms with Gasteiger partial charge in [-0.1, -0.05) is 39.0 Å². The molecule has 7 nitrogen and oxygen atoms in total. The number of aliphatic imine (C=N–C) groups is 1. The first kappa shape index (κ1) is 35.4. The van der Waals surface area contributed by atoms with Crippen LogP contribution in [0, 0.1) is 0 Å². The number of halogens is 3. The van der Waals surface area contributed by atoms with Crippen LogP contribution in [0.2, 0.25) is 0 Å². The van der Waals surface area contributed by atoms with Crippen molar-refractivity contribution in [2.75, 3.05) is 24.5 Å². The fourth-order valence-corrected chi connectivity index (χ4v) is 5.18. The molecule has 45 heavy (non-hydrogen) atoms. The van der Waals surface area contributed by atoms with E-state index in [2.05, 4.69) is 30.1 Å². The average molecular weight is 623 g/mol. The molecule has 0 bridgehead atoms. The fourth-order valence-electron chi connectivity index (χ4n) is 5.18. The van der Waals surface area contributed by atoms with E-state index >= 15 is 0 Å². The molecule has 4 rings (SSSR count). The highest BCUT2D eigenvalue weighted by Crippen LogP contribution is 2.30. The minimum Gasteiger partial charge on any atom is -0.372 e. The van der Waals surface area contributed by atoms with Gasteiger partial charge in [-0.05, 0) is 86.7 Å². The van der Waals surface area contributed by atoms with Gasteiger partial charge in [-0.2, -0.15) is 13.2 Å². The van der Waals surface area contributed by atoms with Crippen molar-refractivity contribution in [3.05, 3.63) is 101 Å². The van der Waals surface area contributed by atoms with Gasteiger partial charge in [0.1, 0.15) is 0 Å². The Kier molecular flexibility index (Phi) is 13.7. The van der Waals surface area contributed by atoms with Crippen LogP contribution >= 0.6 is 0 Å². The third-order valence-electron chi connectivity index (χ3n) is 7.56. The Balaban J connectivity index is 0.00000271. The van der Waals surface area contributed by atoms with Gasteiger partial charge in [-0.15, -0.1) is 0 Å². The number of alkyl halides is 3. The van der Waals surface area contributed by atoms with Crippen molar-refractivity contribution >= 4 is 17.3 Å². The molecule has 1 saturated heterocycles. The molecule has 0 saturated carbocycles. The summed E-state index contributed by atoms with van der Waals surface area (Å²) < 4.78 is 42.8. The largest absolute Gasteiger partial charge is 0.433 e. The van der Waals surface area contributed by atoms with Gasteiger partial charge in [0.2, 0.25) is 5.91 Å². The first-order valence-electron chi connectivity index (χ1n) is 15.7. The van der Waals surface area contributed by atoms with E-state index in [-0.39, 0.29) is 12.3 Å². The van der Waals surface area contributed by atoms with Crippen LogP contribution in [0.25, 0.3) is 0 Å². The fraction of sp³-hybridized carbons (Fsp3) is 0.429. The van der Waals surface area contributed by atoms with Gasteiger partial charge >= 0.3 is 6.18 Å². The molecule has 1 fully saturated rings. The van der Waals surface area contributed by atoms with Crippen molar-refractivity contribution in [1.82, 2.24) is 20.2 Å². The molecule has 0 spiro atoms. The Morgan fingerprint density at radius 2 is 1.67 bits per heavy atom. The molecule has 1 amide bonds. The van der Waals surface area contributed by atoms with Gasteiger partial charge in [0, 0.05) is 62.6 Å². The van der Waals surface area contributed by atoms with Crippen molar-refractivity contribution in [3.8, 4) is 0 Å². The molecule has 0 aliphatic carbocycles. The number of allylic oxidation sites excluding steroid dienone is 1. The van der Waals surface area contributed by atoms with Gasteiger partial charge in [-0.3, -0.25) is 19.7 Å². The molecule has 1 N–H and O–H groups in total. The molecule has 1 aliphatic rings. The molecule has 242 valence electrons. The van der Waals surface area contributed by atoms with Crippen molar-refractivity contribution in [2.24, 2.45) is 4.99 Å². The summed E-state index contributed by atoms with van der Waals surface area (Å²) in [5.41, 5.74) is 2.43. The number of carbonyl (C=O) groups excluding carboxylic acids is 1. The Bertz CT molecular complexity index is 1430. The number of amides is 1. The van der Waals surface area contributed by atoms with Gasteiger partial charge < -0.3 is 10.2 Å². The van der Waals surface area contributed by atoms with Gasteiger partial charge in [-0.25, -0.2) is 4.99 Å². The zero-order valence-corrected chi connectivity index (χ0v) is 27.0. The van der Waals surface area contributed by atoms with Crippen LogP contribution in [0.4, 0.5) is 18.9 Å². The first-order chi connectivity index (χ1) is 21.7. The number of nitrogens with one attached hydrogen (secondary N) is 1. The van der Waals surface area contributed by atoms with Crippen LogP contribution in [0.15, 0.2) is 83.4 Å². The summed E-state index contributed by atoms with van der Waals surface area (Å²) in [4.78, 5) is 29.8. The highest BCUT2D eigenvalue weighted by atomic mass is 19.4. The lowest BCUT2D eigenvalue weighted by Gasteiger charge is -2.29. The summed E-state index contributed by atoms with van der Waals surface area (Å²) in [6.07, 6.45) is 3.64. The number of benzene rings is 1. The van der Waals surface area contributed by atoms with Crippen LogP contribution in [0.1, 0.15) is 76.3 Å². The van der Waals surface area contributed by atoms with Gasteiger partial charge in [0.15, 0.2) is 5.70 Å². The Morgan fingerprint density at radius 3 is 2.33 bits per heavy atom. The second-order valence-corrected chi connectivity index (χ2v) is 10.7. The quantitative estimate of drug-likeness (QED) is 0.177. The molecule has 3 heterocycles. The minimum atomic E-state index is -4.83. The molecule has 1 aromatic carbocycles. The molecule has 0 unspecified atom stereocenters. The summed E-state index contributed by atoms with van der Waals surface area (Å²) >= 11 is 0. The maximum atomic E-state index is 14.3. The SMILES string of the molecule is CC.CCN(Cc1ccncc1)Cc1cccnc1C(C)=N/C(=C(\C)C(=O)NCc1cccc(N2CCCCC2)c1)C(F)(F)F. The van der Waals surface area contributed by atoms with Gasteiger partial charge in [0.25, 0.3) is 0 Å². The summed E-state index contributed by atoms with van der Waals surface area (Å²) in [6.45, 7) is 12.6.